The quantitative estimate of drug-likeness (QED) is 0.315. The number of amides is 1. The van der Waals surface area contributed by atoms with E-state index in [0.717, 1.165) is 11.6 Å². The molecule has 3 N–H and O–H groups in total. The summed E-state index contributed by atoms with van der Waals surface area (Å²) in [6.45, 7) is 1.84. The molecule has 0 fully saturated rings. The molecule has 10 heteroatoms. The molecule has 0 radical (unpaired) electrons. The van der Waals surface area contributed by atoms with Gasteiger partial charge in [-0.1, -0.05) is 23.3 Å². The van der Waals surface area contributed by atoms with Crippen molar-refractivity contribution in [2.45, 2.75) is 13.5 Å². The van der Waals surface area contributed by atoms with Gasteiger partial charge in [0.15, 0.2) is 12.0 Å². The highest BCUT2D eigenvalue weighted by Gasteiger charge is 2.25. The first-order chi connectivity index (χ1) is 15.8. The summed E-state index contributed by atoms with van der Waals surface area (Å²) >= 11 is 0. The molecule has 33 heavy (non-hydrogen) atoms. The van der Waals surface area contributed by atoms with Crippen molar-refractivity contribution in [3.63, 3.8) is 0 Å². The van der Waals surface area contributed by atoms with Crippen LogP contribution >= 0.6 is 0 Å². The van der Waals surface area contributed by atoms with Crippen LogP contribution in [0.1, 0.15) is 21.6 Å². The Bertz CT molecular complexity index is 1350. The summed E-state index contributed by atoms with van der Waals surface area (Å²) in [5.41, 5.74) is 1.71. The molecule has 4 aromatic rings. The van der Waals surface area contributed by atoms with Crippen LogP contribution in [0.25, 0.3) is 17.1 Å². The number of pyridine rings is 1. The van der Waals surface area contributed by atoms with Crippen molar-refractivity contribution in [2.24, 2.45) is 0 Å². The lowest BCUT2D eigenvalue weighted by Gasteiger charge is -2.18. The van der Waals surface area contributed by atoms with E-state index in [0.29, 0.717) is 16.1 Å². The summed E-state index contributed by atoms with van der Waals surface area (Å²) in [4.78, 5) is 14.3. The average molecular weight is 447 g/mol. The van der Waals surface area contributed by atoms with Crippen molar-refractivity contribution in [1.82, 2.24) is 19.7 Å². The van der Waals surface area contributed by atoms with Crippen LogP contribution < -0.4 is 4.73 Å². The molecule has 0 aliphatic rings. The average Bonchev–Trinajstić information content (AvgIpc) is 3.16. The first kappa shape index (κ1) is 21.6. The number of hydrogen-bond acceptors (Lipinski definition) is 7. The predicted molar refractivity (Wildman–Crippen MR) is 118 cm³/mol. The Kier molecular flexibility index (Phi) is 5.57. The molecule has 0 aliphatic carbocycles. The fourth-order valence-corrected chi connectivity index (χ4v) is 3.52. The molecule has 2 aromatic heterocycles. The maximum atomic E-state index is 13.1. The number of para-hydroxylation sites is 1. The Labute approximate surface area is 188 Å². The molecule has 1 amide bonds. The molecule has 0 spiro atoms. The fraction of sp³-hybridized carbons (Fsp3) is 0.130. The van der Waals surface area contributed by atoms with Gasteiger partial charge < -0.3 is 25.4 Å². The van der Waals surface area contributed by atoms with E-state index in [-0.39, 0.29) is 29.2 Å². The van der Waals surface area contributed by atoms with Gasteiger partial charge in [0.2, 0.25) is 5.69 Å². The minimum Gasteiger partial charge on any atom is -0.618 e. The third-order valence-electron chi connectivity index (χ3n) is 5.24. The van der Waals surface area contributed by atoms with Crippen molar-refractivity contribution < 1.29 is 24.8 Å². The van der Waals surface area contributed by atoms with Gasteiger partial charge in [0.05, 0.1) is 16.8 Å². The van der Waals surface area contributed by atoms with Gasteiger partial charge in [0.1, 0.15) is 18.0 Å². The summed E-state index contributed by atoms with van der Waals surface area (Å²) < 4.78 is 1.99. The second-order valence-corrected chi connectivity index (χ2v) is 7.51. The van der Waals surface area contributed by atoms with E-state index in [1.54, 1.807) is 30.3 Å². The number of hydrogen-bond donors (Lipinski definition) is 3. The van der Waals surface area contributed by atoms with E-state index < -0.39 is 17.7 Å². The van der Waals surface area contributed by atoms with Crippen molar-refractivity contribution >= 4 is 5.91 Å². The zero-order chi connectivity index (χ0) is 23.7. The topological polar surface area (TPSA) is 139 Å². The minimum absolute atomic E-state index is 0.000988. The molecule has 0 bridgehead atoms. The monoisotopic (exact) mass is 447 g/mol. The standard InChI is InChI=1S/C23H21N5O5/c1-14-7-3-4-9-18(14)28-21(24-25-23(28)32)16-11-17(20(30)12-19(16)29)22(31)26(2)13-15-8-5-6-10-27(15)33/h3-12,29-30H,13H2,1-2H3,(H,25,32). The molecule has 0 saturated heterocycles. The number of aryl methyl sites for hydroxylation is 1. The number of carbonyl (C=O) groups excluding carboxylic acids is 1. The Morgan fingerprint density at radius 3 is 2.52 bits per heavy atom. The lowest BCUT2D eigenvalue weighted by atomic mass is 10.1. The van der Waals surface area contributed by atoms with Gasteiger partial charge in [-0.15, -0.1) is 5.10 Å². The van der Waals surface area contributed by atoms with Gasteiger partial charge >= 0.3 is 6.01 Å². The van der Waals surface area contributed by atoms with Crippen molar-refractivity contribution in [3.8, 4) is 34.6 Å². The molecule has 0 unspecified atom stereocenters. The number of aromatic nitrogens is 4. The SMILES string of the molecule is Cc1ccccc1-n1c(O)nnc1-c1cc(C(=O)N(C)Cc2cccc[n+]2[O-])c(O)cc1O. The second-order valence-electron chi connectivity index (χ2n) is 7.51. The normalized spacial score (nSPS) is 10.8. The van der Waals surface area contributed by atoms with E-state index in [4.69, 9.17) is 0 Å². The molecule has 4 rings (SSSR count). The van der Waals surface area contributed by atoms with Crippen LogP contribution in [0.4, 0.5) is 0 Å². The molecule has 0 atom stereocenters. The van der Waals surface area contributed by atoms with Gasteiger partial charge in [-0.2, -0.15) is 4.73 Å². The Hall–Kier alpha value is -4.60. The van der Waals surface area contributed by atoms with Crippen LogP contribution in [0.3, 0.4) is 0 Å². The van der Waals surface area contributed by atoms with Crippen LogP contribution in [0, 0.1) is 12.1 Å². The number of phenols is 2. The Morgan fingerprint density at radius 2 is 1.79 bits per heavy atom. The summed E-state index contributed by atoms with van der Waals surface area (Å²) in [7, 11) is 1.49. The summed E-state index contributed by atoms with van der Waals surface area (Å²) in [5, 5.41) is 50.8. The van der Waals surface area contributed by atoms with Gasteiger partial charge in [-0.25, -0.2) is 4.57 Å². The number of phenolic OH excluding ortho intramolecular Hbond substituents is 2. The van der Waals surface area contributed by atoms with Gasteiger partial charge in [0.25, 0.3) is 5.91 Å². The predicted octanol–water partition coefficient (Wildman–Crippen LogP) is 2.27. The lowest BCUT2D eigenvalue weighted by Crippen LogP contribution is -2.36. The van der Waals surface area contributed by atoms with E-state index in [2.05, 4.69) is 10.2 Å². The largest absolute Gasteiger partial charge is 0.618 e. The highest BCUT2D eigenvalue weighted by Crippen LogP contribution is 2.37. The third-order valence-corrected chi connectivity index (χ3v) is 5.24. The number of carbonyl (C=O) groups is 1. The number of rotatable bonds is 5. The minimum atomic E-state index is -0.580. The van der Waals surface area contributed by atoms with E-state index in [1.165, 1.54) is 28.8 Å². The molecule has 10 nitrogen and oxygen atoms in total. The van der Waals surface area contributed by atoms with Crippen LogP contribution in [-0.2, 0) is 6.54 Å². The van der Waals surface area contributed by atoms with Crippen molar-refractivity contribution in [3.05, 3.63) is 82.8 Å². The molecule has 0 aliphatic heterocycles. The zero-order valence-electron chi connectivity index (χ0n) is 17.9. The molecule has 168 valence electrons. The van der Waals surface area contributed by atoms with Crippen molar-refractivity contribution in [2.75, 3.05) is 7.05 Å². The lowest BCUT2D eigenvalue weighted by molar-refractivity contribution is -0.615. The number of benzene rings is 2. The van der Waals surface area contributed by atoms with Gasteiger partial charge in [0, 0.05) is 25.2 Å². The highest BCUT2D eigenvalue weighted by molar-refractivity contribution is 5.98. The van der Waals surface area contributed by atoms with Gasteiger partial charge in [-0.05, 0) is 30.7 Å². The summed E-state index contributed by atoms with van der Waals surface area (Å²) in [6.07, 6.45) is 1.33. The Morgan fingerprint density at radius 1 is 1.06 bits per heavy atom. The molecule has 2 aromatic carbocycles. The summed E-state index contributed by atoms with van der Waals surface area (Å²) in [6, 6.07) is 14.0. The molecule has 0 saturated carbocycles. The Balaban J connectivity index is 1.76. The van der Waals surface area contributed by atoms with E-state index >= 15 is 0 Å². The fourth-order valence-electron chi connectivity index (χ4n) is 3.52. The third kappa shape index (κ3) is 4.01. The smallest absolute Gasteiger partial charge is 0.319 e. The van der Waals surface area contributed by atoms with E-state index in [1.807, 2.05) is 19.1 Å². The molecular weight excluding hydrogens is 426 g/mol. The first-order valence-electron chi connectivity index (χ1n) is 9.97. The summed E-state index contributed by atoms with van der Waals surface area (Å²) in [5.74, 6) is -1.29. The van der Waals surface area contributed by atoms with Crippen molar-refractivity contribution in [1.29, 1.82) is 0 Å². The maximum absolute atomic E-state index is 13.1. The van der Waals surface area contributed by atoms with E-state index in [9.17, 15) is 25.3 Å². The first-order valence-corrected chi connectivity index (χ1v) is 9.97. The van der Waals surface area contributed by atoms with Crippen LogP contribution in [0.15, 0.2) is 60.8 Å². The highest BCUT2D eigenvalue weighted by atomic mass is 16.5. The number of aromatic hydroxyl groups is 3. The molecule has 2 heterocycles. The second kappa shape index (κ2) is 8.50. The number of nitrogens with zero attached hydrogens (tertiary/aromatic N) is 5. The maximum Gasteiger partial charge on any atom is 0.319 e. The molecular formula is C23H21N5O5. The van der Waals surface area contributed by atoms with Gasteiger partial charge in [-0.3, -0.25) is 4.79 Å². The van der Waals surface area contributed by atoms with Crippen LogP contribution in [-0.4, -0.2) is 47.9 Å². The zero-order valence-corrected chi connectivity index (χ0v) is 17.9. The van der Waals surface area contributed by atoms with Crippen LogP contribution in [0.2, 0.25) is 0 Å². The van der Waals surface area contributed by atoms with Crippen LogP contribution in [0.5, 0.6) is 17.5 Å².